The predicted octanol–water partition coefficient (Wildman–Crippen LogP) is 3.01. The quantitative estimate of drug-likeness (QED) is 0.717. The zero-order chi connectivity index (χ0) is 12.3. The third-order valence-electron chi connectivity index (χ3n) is 3.49. The van der Waals surface area contributed by atoms with Gasteiger partial charge in [-0.25, -0.2) is 0 Å². The molecule has 0 saturated carbocycles. The Morgan fingerprint density at radius 2 is 2.06 bits per heavy atom. The van der Waals surface area contributed by atoms with Gasteiger partial charge in [0.2, 0.25) is 0 Å². The molecule has 0 spiro atoms. The number of hydrogen-bond acceptors (Lipinski definition) is 1. The predicted molar refractivity (Wildman–Crippen MR) is 68.1 cm³/mol. The summed E-state index contributed by atoms with van der Waals surface area (Å²) in [5.74, 6) is 1.16. The van der Waals surface area contributed by atoms with Crippen LogP contribution in [0.25, 0.3) is 0 Å². The van der Waals surface area contributed by atoms with Crippen molar-refractivity contribution in [3.05, 3.63) is 23.3 Å². The Kier molecular flexibility index (Phi) is 4.34. The van der Waals surface area contributed by atoms with Gasteiger partial charge < -0.3 is 4.90 Å². The molecule has 2 heteroatoms. The van der Waals surface area contributed by atoms with E-state index in [0.717, 1.165) is 18.5 Å². The van der Waals surface area contributed by atoms with E-state index in [-0.39, 0.29) is 5.91 Å². The average molecular weight is 221 g/mol. The zero-order valence-corrected chi connectivity index (χ0v) is 11.1. The van der Waals surface area contributed by atoms with Gasteiger partial charge in [0.25, 0.3) is 5.91 Å². The summed E-state index contributed by atoms with van der Waals surface area (Å²) >= 11 is 0. The van der Waals surface area contributed by atoms with Crippen LogP contribution in [0, 0.1) is 11.8 Å². The molecule has 2 unspecified atom stereocenters. The van der Waals surface area contributed by atoms with Crippen molar-refractivity contribution in [2.45, 2.75) is 34.1 Å². The molecule has 0 N–H and O–H groups in total. The van der Waals surface area contributed by atoms with E-state index in [0.29, 0.717) is 11.8 Å². The summed E-state index contributed by atoms with van der Waals surface area (Å²) < 4.78 is 0. The average Bonchev–Trinajstić information content (AvgIpc) is 2.24. The van der Waals surface area contributed by atoms with Crippen LogP contribution in [0.3, 0.4) is 0 Å². The largest absolute Gasteiger partial charge is 0.342 e. The van der Waals surface area contributed by atoms with Crippen LogP contribution < -0.4 is 0 Å². The maximum atomic E-state index is 12.1. The minimum absolute atomic E-state index is 0.153. The summed E-state index contributed by atoms with van der Waals surface area (Å²) in [6.45, 7) is 9.41. The van der Waals surface area contributed by atoms with Crippen LogP contribution in [-0.4, -0.2) is 24.4 Å². The van der Waals surface area contributed by atoms with Crippen LogP contribution in [0.15, 0.2) is 23.3 Å². The van der Waals surface area contributed by atoms with Crippen molar-refractivity contribution in [3.63, 3.8) is 0 Å². The van der Waals surface area contributed by atoms with Crippen molar-refractivity contribution in [1.82, 2.24) is 4.90 Å². The van der Waals surface area contributed by atoms with Crippen LogP contribution in [0.2, 0.25) is 0 Å². The van der Waals surface area contributed by atoms with Crippen molar-refractivity contribution in [2.24, 2.45) is 11.8 Å². The molecular formula is C14H23NO. The molecule has 0 heterocycles. The number of likely N-dealkylation sites (N-methyl/N-ethyl adjacent to an activating group) is 1. The maximum absolute atomic E-state index is 12.1. The zero-order valence-electron chi connectivity index (χ0n) is 11.1. The van der Waals surface area contributed by atoms with Gasteiger partial charge in [-0.05, 0) is 25.2 Å². The maximum Gasteiger partial charge on any atom is 0.253 e. The summed E-state index contributed by atoms with van der Waals surface area (Å²) in [7, 11) is 1.87. The molecule has 1 amide bonds. The summed E-state index contributed by atoms with van der Waals surface area (Å²) in [4.78, 5) is 13.9. The molecule has 0 radical (unpaired) electrons. The number of hydrogen-bond donors (Lipinski definition) is 0. The monoisotopic (exact) mass is 221 g/mol. The number of nitrogens with zero attached hydrogens (tertiary/aromatic N) is 1. The first-order valence-electron chi connectivity index (χ1n) is 6.12. The van der Waals surface area contributed by atoms with Crippen molar-refractivity contribution >= 4 is 5.91 Å². The molecule has 0 saturated heterocycles. The van der Waals surface area contributed by atoms with Crippen LogP contribution in [-0.2, 0) is 4.79 Å². The van der Waals surface area contributed by atoms with Gasteiger partial charge in [0, 0.05) is 19.2 Å². The summed E-state index contributed by atoms with van der Waals surface area (Å²) in [6, 6.07) is 0. The summed E-state index contributed by atoms with van der Waals surface area (Å²) in [5.41, 5.74) is 2.17. The summed E-state index contributed by atoms with van der Waals surface area (Å²) in [5, 5.41) is 0. The molecule has 1 rings (SSSR count). The Hall–Kier alpha value is -1.05. The highest BCUT2D eigenvalue weighted by Crippen LogP contribution is 2.28. The molecule has 1 aliphatic carbocycles. The molecule has 1 aliphatic rings. The highest BCUT2D eigenvalue weighted by molar-refractivity contribution is 5.96. The fourth-order valence-corrected chi connectivity index (χ4v) is 2.06. The first kappa shape index (κ1) is 13.0. The van der Waals surface area contributed by atoms with Gasteiger partial charge in [-0.15, -0.1) is 0 Å². The fraction of sp³-hybridized carbons (Fsp3) is 0.643. The smallest absolute Gasteiger partial charge is 0.253 e. The Labute approximate surface area is 99.0 Å². The molecule has 2 nitrogen and oxygen atoms in total. The molecule has 16 heavy (non-hydrogen) atoms. The molecule has 0 fully saturated rings. The Morgan fingerprint density at radius 3 is 2.56 bits per heavy atom. The standard InChI is InChI=1S/C14H23NO/c1-6-7-15(5)14(16)13-8-10(2)12(4)11(3)9-13/h8-10,12H,6-7H2,1-5H3. The van der Waals surface area contributed by atoms with E-state index >= 15 is 0 Å². The van der Waals surface area contributed by atoms with Gasteiger partial charge in [-0.1, -0.05) is 38.5 Å². The van der Waals surface area contributed by atoms with Gasteiger partial charge >= 0.3 is 0 Å². The SMILES string of the molecule is CCCN(C)C(=O)C1=CC(C)C(C)C(C)=C1. The lowest BCUT2D eigenvalue weighted by molar-refractivity contribution is -0.125. The van der Waals surface area contributed by atoms with Gasteiger partial charge in [0.05, 0.1) is 0 Å². The minimum atomic E-state index is 0.153. The Morgan fingerprint density at radius 1 is 1.44 bits per heavy atom. The highest BCUT2D eigenvalue weighted by Gasteiger charge is 2.21. The number of allylic oxidation sites excluding steroid dienone is 2. The van der Waals surface area contributed by atoms with E-state index < -0.39 is 0 Å². The third kappa shape index (κ3) is 2.75. The van der Waals surface area contributed by atoms with E-state index in [9.17, 15) is 4.79 Å². The lowest BCUT2D eigenvalue weighted by atomic mass is 9.82. The van der Waals surface area contributed by atoms with E-state index in [1.54, 1.807) is 4.90 Å². The summed E-state index contributed by atoms with van der Waals surface area (Å²) in [6.07, 6.45) is 5.15. The van der Waals surface area contributed by atoms with Gasteiger partial charge in [0.1, 0.15) is 0 Å². The second kappa shape index (κ2) is 5.33. The van der Waals surface area contributed by atoms with E-state index in [4.69, 9.17) is 0 Å². The van der Waals surface area contributed by atoms with Crippen molar-refractivity contribution in [3.8, 4) is 0 Å². The first-order valence-corrected chi connectivity index (χ1v) is 6.12. The van der Waals surface area contributed by atoms with E-state index in [2.05, 4.69) is 33.8 Å². The molecule has 0 aliphatic heterocycles. The second-order valence-corrected chi connectivity index (χ2v) is 4.88. The van der Waals surface area contributed by atoms with Gasteiger partial charge in [0.15, 0.2) is 0 Å². The van der Waals surface area contributed by atoms with Crippen LogP contribution in [0.5, 0.6) is 0 Å². The molecule has 2 atom stereocenters. The lowest BCUT2D eigenvalue weighted by Gasteiger charge is -2.25. The molecule has 90 valence electrons. The molecule has 0 aromatic rings. The third-order valence-corrected chi connectivity index (χ3v) is 3.49. The highest BCUT2D eigenvalue weighted by atomic mass is 16.2. The molecule has 0 aromatic carbocycles. The number of carbonyl (C=O) groups is 1. The van der Waals surface area contributed by atoms with Crippen molar-refractivity contribution in [2.75, 3.05) is 13.6 Å². The van der Waals surface area contributed by atoms with Crippen LogP contribution >= 0.6 is 0 Å². The van der Waals surface area contributed by atoms with Crippen molar-refractivity contribution in [1.29, 1.82) is 0 Å². The first-order chi connectivity index (χ1) is 7.47. The Balaban J connectivity index is 2.82. The number of carbonyl (C=O) groups excluding carboxylic acids is 1. The van der Waals surface area contributed by atoms with E-state index in [1.807, 2.05) is 13.1 Å². The number of amides is 1. The van der Waals surface area contributed by atoms with Crippen LogP contribution in [0.1, 0.15) is 34.1 Å². The fourth-order valence-electron chi connectivity index (χ4n) is 2.06. The minimum Gasteiger partial charge on any atom is -0.342 e. The number of rotatable bonds is 3. The molecule has 0 bridgehead atoms. The molecule has 0 aromatic heterocycles. The topological polar surface area (TPSA) is 20.3 Å². The second-order valence-electron chi connectivity index (χ2n) is 4.88. The normalized spacial score (nSPS) is 24.8. The Bertz CT molecular complexity index is 328. The van der Waals surface area contributed by atoms with Crippen LogP contribution in [0.4, 0.5) is 0 Å². The lowest BCUT2D eigenvalue weighted by Crippen LogP contribution is -2.30. The van der Waals surface area contributed by atoms with Gasteiger partial charge in [-0.3, -0.25) is 4.79 Å². The van der Waals surface area contributed by atoms with Crippen molar-refractivity contribution < 1.29 is 4.79 Å². The molecular weight excluding hydrogens is 198 g/mol. The van der Waals surface area contributed by atoms with E-state index in [1.165, 1.54) is 5.57 Å². The van der Waals surface area contributed by atoms with Gasteiger partial charge in [-0.2, -0.15) is 0 Å².